The molecule has 0 aromatic carbocycles. The third kappa shape index (κ3) is 4.33. The summed E-state index contributed by atoms with van der Waals surface area (Å²) in [6, 6.07) is 5.10. The predicted molar refractivity (Wildman–Crippen MR) is 121 cm³/mol. The van der Waals surface area contributed by atoms with Gasteiger partial charge in [-0.3, -0.25) is 9.78 Å². The number of hydrogen-bond acceptors (Lipinski definition) is 9. The Morgan fingerprint density at radius 3 is 2.75 bits per heavy atom. The summed E-state index contributed by atoms with van der Waals surface area (Å²) in [4.78, 5) is 13.2. The summed E-state index contributed by atoms with van der Waals surface area (Å²) in [5, 5.41) is 28.7. The number of fused-ring (bicyclic) bond motifs is 1. The van der Waals surface area contributed by atoms with Gasteiger partial charge >= 0.3 is 0 Å². The maximum Gasteiger partial charge on any atom is 0.227 e. The minimum atomic E-state index is -0.456. The van der Waals surface area contributed by atoms with Crippen molar-refractivity contribution < 1.29 is 9.84 Å². The zero-order chi connectivity index (χ0) is 22.9. The normalized spacial score (nSPS) is 12.7. The molecule has 0 spiro atoms. The summed E-state index contributed by atoms with van der Waals surface area (Å²) in [5.74, 6) is 2.00. The zero-order valence-electron chi connectivity index (χ0n) is 18.7. The van der Waals surface area contributed by atoms with Gasteiger partial charge in [0.25, 0.3) is 0 Å². The SMILES string of the molecule is COc1cc([C@H](CO)Nc2nc(Nc3cc(C(C)(C)C)n(C)n3)c3cn[nH]c3n2)ccn1. The molecule has 32 heavy (non-hydrogen) atoms. The molecule has 4 rings (SSSR count). The fourth-order valence-corrected chi connectivity index (χ4v) is 3.49. The molecule has 11 nitrogen and oxygen atoms in total. The number of aromatic nitrogens is 7. The Labute approximate surface area is 185 Å². The number of aliphatic hydroxyl groups excluding tert-OH is 1. The van der Waals surface area contributed by atoms with Gasteiger partial charge < -0.3 is 20.5 Å². The molecule has 0 aliphatic carbocycles. The Balaban J connectivity index is 1.66. The van der Waals surface area contributed by atoms with Gasteiger partial charge in [-0.15, -0.1) is 0 Å². The van der Waals surface area contributed by atoms with Gasteiger partial charge in [-0.1, -0.05) is 20.8 Å². The van der Waals surface area contributed by atoms with Crippen LogP contribution >= 0.6 is 0 Å². The first-order chi connectivity index (χ1) is 15.3. The highest BCUT2D eigenvalue weighted by atomic mass is 16.5. The predicted octanol–water partition coefficient (Wildman–Crippen LogP) is 2.68. The highest BCUT2D eigenvalue weighted by Gasteiger charge is 2.21. The van der Waals surface area contributed by atoms with Crippen molar-refractivity contribution in [3.8, 4) is 5.88 Å². The highest BCUT2D eigenvalue weighted by Crippen LogP contribution is 2.28. The van der Waals surface area contributed by atoms with Crippen LogP contribution in [0.1, 0.15) is 38.1 Å². The molecule has 0 aliphatic rings. The lowest BCUT2D eigenvalue weighted by Crippen LogP contribution is -2.17. The van der Waals surface area contributed by atoms with Gasteiger partial charge in [-0.05, 0) is 11.6 Å². The number of ether oxygens (including phenoxy) is 1. The average Bonchev–Trinajstić information content (AvgIpc) is 3.38. The fraction of sp³-hybridized carbons (Fsp3) is 0.381. The number of nitrogens with zero attached hydrogens (tertiary/aromatic N) is 6. The van der Waals surface area contributed by atoms with Crippen LogP contribution in [0.2, 0.25) is 0 Å². The quantitative estimate of drug-likeness (QED) is 0.344. The monoisotopic (exact) mass is 437 g/mol. The van der Waals surface area contributed by atoms with E-state index >= 15 is 0 Å². The summed E-state index contributed by atoms with van der Waals surface area (Å²) in [7, 11) is 3.46. The molecular formula is C21H27N9O2. The molecule has 0 radical (unpaired) electrons. The third-order valence-corrected chi connectivity index (χ3v) is 5.06. The average molecular weight is 438 g/mol. The van der Waals surface area contributed by atoms with Crippen LogP contribution in [0.4, 0.5) is 17.6 Å². The molecule has 1 atom stereocenters. The molecule has 0 amide bonds. The Kier molecular flexibility index (Phi) is 5.66. The highest BCUT2D eigenvalue weighted by molar-refractivity contribution is 5.88. The van der Waals surface area contributed by atoms with Crippen LogP contribution in [0, 0.1) is 0 Å². The Hall–Kier alpha value is -3.73. The van der Waals surface area contributed by atoms with Gasteiger partial charge in [0, 0.05) is 36.5 Å². The third-order valence-electron chi connectivity index (χ3n) is 5.06. The van der Waals surface area contributed by atoms with E-state index in [1.54, 1.807) is 31.6 Å². The van der Waals surface area contributed by atoms with E-state index in [-0.39, 0.29) is 12.0 Å². The molecule has 0 saturated carbocycles. The van der Waals surface area contributed by atoms with E-state index in [2.05, 4.69) is 61.7 Å². The lowest BCUT2D eigenvalue weighted by atomic mass is 9.92. The van der Waals surface area contributed by atoms with Gasteiger partial charge in [0.1, 0.15) is 5.82 Å². The van der Waals surface area contributed by atoms with Crippen molar-refractivity contribution >= 4 is 28.6 Å². The molecule has 0 fully saturated rings. The number of aliphatic hydroxyl groups is 1. The van der Waals surface area contributed by atoms with Gasteiger partial charge in [-0.25, -0.2) is 4.98 Å². The molecule has 0 unspecified atom stereocenters. The molecule has 4 aromatic heterocycles. The molecule has 4 N–H and O–H groups in total. The van der Waals surface area contributed by atoms with Crippen molar-refractivity contribution in [2.45, 2.75) is 32.2 Å². The van der Waals surface area contributed by atoms with Gasteiger partial charge in [0.15, 0.2) is 11.5 Å². The van der Waals surface area contributed by atoms with E-state index in [1.807, 2.05) is 17.8 Å². The maximum absolute atomic E-state index is 9.96. The Bertz CT molecular complexity index is 1230. The van der Waals surface area contributed by atoms with Crippen LogP contribution in [0.5, 0.6) is 5.88 Å². The van der Waals surface area contributed by atoms with E-state index in [1.165, 1.54) is 0 Å². The van der Waals surface area contributed by atoms with Crippen molar-refractivity contribution in [1.82, 2.24) is 34.9 Å². The van der Waals surface area contributed by atoms with E-state index in [9.17, 15) is 5.11 Å². The number of aryl methyl sites for hydroxylation is 1. The van der Waals surface area contributed by atoms with E-state index in [4.69, 9.17) is 4.74 Å². The molecule has 4 aromatic rings. The molecule has 0 bridgehead atoms. The maximum atomic E-state index is 9.96. The van der Waals surface area contributed by atoms with Crippen LogP contribution in [0.25, 0.3) is 11.0 Å². The van der Waals surface area contributed by atoms with Crippen molar-refractivity contribution in [2.24, 2.45) is 7.05 Å². The van der Waals surface area contributed by atoms with Gasteiger partial charge in [0.2, 0.25) is 11.8 Å². The second-order valence-corrected chi connectivity index (χ2v) is 8.45. The lowest BCUT2D eigenvalue weighted by Gasteiger charge is -2.18. The van der Waals surface area contributed by atoms with Crippen LogP contribution in [0.3, 0.4) is 0 Å². The number of aromatic amines is 1. The molecule has 0 saturated heterocycles. The second kappa shape index (κ2) is 8.42. The first-order valence-corrected chi connectivity index (χ1v) is 10.2. The summed E-state index contributed by atoms with van der Waals surface area (Å²) >= 11 is 0. The van der Waals surface area contributed by atoms with E-state index in [0.717, 1.165) is 16.6 Å². The first kappa shape index (κ1) is 21.5. The Morgan fingerprint density at radius 2 is 2.06 bits per heavy atom. The number of nitrogens with one attached hydrogen (secondary N) is 3. The van der Waals surface area contributed by atoms with Crippen LogP contribution < -0.4 is 15.4 Å². The topological polar surface area (TPSA) is 139 Å². The zero-order valence-corrected chi connectivity index (χ0v) is 18.7. The van der Waals surface area contributed by atoms with Crippen LogP contribution in [-0.2, 0) is 12.5 Å². The molecule has 11 heteroatoms. The molecular weight excluding hydrogens is 410 g/mol. The van der Waals surface area contributed by atoms with Crippen molar-refractivity contribution in [2.75, 3.05) is 24.4 Å². The van der Waals surface area contributed by atoms with Crippen molar-refractivity contribution in [1.29, 1.82) is 0 Å². The Morgan fingerprint density at radius 1 is 1.25 bits per heavy atom. The number of rotatable bonds is 7. The second-order valence-electron chi connectivity index (χ2n) is 8.45. The summed E-state index contributed by atoms with van der Waals surface area (Å²) < 4.78 is 7.04. The fourth-order valence-electron chi connectivity index (χ4n) is 3.49. The smallest absolute Gasteiger partial charge is 0.227 e. The van der Waals surface area contributed by atoms with Crippen molar-refractivity contribution in [3.63, 3.8) is 0 Å². The van der Waals surface area contributed by atoms with Crippen molar-refractivity contribution in [3.05, 3.63) is 41.9 Å². The largest absolute Gasteiger partial charge is 0.481 e. The number of pyridine rings is 1. The number of methoxy groups -OCH3 is 1. The van der Waals surface area contributed by atoms with E-state index < -0.39 is 6.04 Å². The van der Waals surface area contributed by atoms with Gasteiger partial charge in [0.05, 0.1) is 31.3 Å². The number of H-pyrrole nitrogens is 1. The standard InChI is InChI=1S/C21H27N9O2/c1-21(2,3)15-9-16(29-30(15)4)25-18-13-10-23-28-19(13)27-20(26-18)24-14(11-31)12-6-7-22-17(8-12)32-5/h6-10,14,31H,11H2,1-5H3,(H3,23,24,25,26,27,28,29)/t14-/m0/s1. The first-order valence-electron chi connectivity index (χ1n) is 10.2. The molecule has 4 heterocycles. The summed E-state index contributed by atoms with van der Waals surface area (Å²) in [6.45, 7) is 6.24. The lowest BCUT2D eigenvalue weighted by molar-refractivity contribution is 0.275. The minimum Gasteiger partial charge on any atom is -0.481 e. The summed E-state index contributed by atoms with van der Waals surface area (Å²) in [6.07, 6.45) is 3.28. The summed E-state index contributed by atoms with van der Waals surface area (Å²) in [5.41, 5.74) is 2.39. The number of hydrogen-bond donors (Lipinski definition) is 4. The van der Waals surface area contributed by atoms with Crippen LogP contribution in [-0.4, -0.2) is 53.8 Å². The van der Waals surface area contributed by atoms with E-state index in [0.29, 0.717) is 29.1 Å². The van der Waals surface area contributed by atoms with Crippen LogP contribution in [0.15, 0.2) is 30.6 Å². The minimum absolute atomic E-state index is 0.0506. The number of anilines is 3. The molecule has 0 aliphatic heterocycles. The molecule has 168 valence electrons. The van der Waals surface area contributed by atoms with Gasteiger partial charge in [-0.2, -0.15) is 20.2 Å².